The van der Waals surface area contributed by atoms with Gasteiger partial charge in [-0.3, -0.25) is 9.59 Å². The van der Waals surface area contributed by atoms with Crippen molar-refractivity contribution in [3.8, 4) is 5.75 Å². The molecule has 0 spiro atoms. The average Bonchev–Trinajstić information content (AvgIpc) is 2.83. The van der Waals surface area contributed by atoms with Crippen molar-refractivity contribution < 1.29 is 29.6 Å². The molecule has 0 amide bonds. The summed E-state index contributed by atoms with van der Waals surface area (Å²) in [5.41, 5.74) is 2.39. The van der Waals surface area contributed by atoms with Gasteiger partial charge in [-0.15, -0.1) is 0 Å². The summed E-state index contributed by atoms with van der Waals surface area (Å²) in [7, 11) is 0. The number of benzene rings is 1. The Morgan fingerprint density at radius 3 is 2.39 bits per heavy atom. The third-order valence-electron chi connectivity index (χ3n) is 5.86. The highest BCUT2D eigenvalue weighted by atomic mass is 16.5. The molecule has 2 rings (SSSR count). The minimum atomic E-state index is -0.930. The van der Waals surface area contributed by atoms with Gasteiger partial charge in [-0.2, -0.15) is 0 Å². The van der Waals surface area contributed by atoms with Crippen LogP contribution >= 0.6 is 0 Å². The number of aromatic nitrogens is 1. The highest BCUT2D eigenvalue weighted by Crippen LogP contribution is 2.24. The quantitative estimate of drug-likeness (QED) is 0.216. The number of ether oxygens (including phenoxy) is 1. The normalized spacial score (nSPS) is 12.1. The van der Waals surface area contributed by atoms with Gasteiger partial charge in [0.1, 0.15) is 11.4 Å². The van der Waals surface area contributed by atoms with E-state index in [4.69, 9.17) is 14.9 Å². The Balaban J connectivity index is 1.99. The first-order valence-corrected chi connectivity index (χ1v) is 12.9. The minimum absolute atomic E-state index is 0.109. The molecule has 0 aliphatic heterocycles. The number of pyridine rings is 1. The van der Waals surface area contributed by atoms with Gasteiger partial charge in [-0.1, -0.05) is 82.2 Å². The van der Waals surface area contributed by atoms with Gasteiger partial charge in [0.25, 0.3) is 0 Å². The monoisotopic (exact) mass is 497 g/mol. The van der Waals surface area contributed by atoms with Crippen LogP contribution in [0.15, 0.2) is 42.5 Å². The van der Waals surface area contributed by atoms with Crippen LogP contribution in [0.2, 0.25) is 0 Å². The van der Waals surface area contributed by atoms with Gasteiger partial charge in [-0.25, -0.2) is 4.98 Å². The third-order valence-corrected chi connectivity index (χ3v) is 5.86. The number of hydrogen-bond donors (Lipinski definition) is 3. The Morgan fingerprint density at radius 1 is 0.972 bits per heavy atom. The number of carboxylic acid groups (broad SMARTS) is 2. The second-order valence-electron chi connectivity index (χ2n) is 9.05. The number of hydrogen-bond acceptors (Lipinski definition) is 5. The molecular formula is C29H39NO6. The molecule has 0 saturated carbocycles. The summed E-state index contributed by atoms with van der Waals surface area (Å²) in [5, 5.41) is 28.7. The number of carboxylic acids is 2. The van der Waals surface area contributed by atoms with Crippen LogP contribution in [0.25, 0.3) is 6.08 Å². The molecule has 0 bridgehead atoms. The number of nitrogens with zero attached hydrogens (tertiary/aromatic N) is 1. The van der Waals surface area contributed by atoms with Crippen molar-refractivity contribution in [2.24, 2.45) is 0 Å². The molecule has 1 unspecified atom stereocenters. The maximum atomic E-state index is 11.0. The van der Waals surface area contributed by atoms with E-state index in [-0.39, 0.29) is 19.3 Å². The van der Waals surface area contributed by atoms with Crippen molar-refractivity contribution in [1.29, 1.82) is 0 Å². The number of rotatable bonds is 18. The van der Waals surface area contributed by atoms with Crippen molar-refractivity contribution in [2.75, 3.05) is 6.61 Å². The summed E-state index contributed by atoms with van der Waals surface area (Å²) in [6.45, 7) is 2.78. The van der Waals surface area contributed by atoms with Crippen molar-refractivity contribution in [3.63, 3.8) is 0 Å². The summed E-state index contributed by atoms with van der Waals surface area (Å²) < 4.78 is 5.96. The van der Waals surface area contributed by atoms with E-state index >= 15 is 0 Å². The zero-order valence-corrected chi connectivity index (χ0v) is 21.2. The molecule has 196 valence electrons. The van der Waals surface area contributed by atoms with Crippen molar-refractivity contribution in [1.82, 2.24) is 4.98 Å². The molecule has 1 aromatic carbocycles. The van der Waals surface area contributed by atoms with Crippen LogP contribution in [-0.4, -0.2) is 38.8 Å². The Morgan fingerprint density at radius 2 is 1.69 bits per heavy atom. The zero-order valence-electron chi connectivity index (χ0n) is 21.2. The van der Waals surface area contributed by atoms with E-state index in [1.165, 1.54) is 44.6 Å². The first-order chi connectivity index (χ1) is 17.4. The molecule has 7 heteroatoms. The second kappa shape index (κ2) is 16.5. The number of carbonyl (C=O) groups is 2. The lowest BCUT2D eigenvalue weighted by atomic mass is 10.0. The number of aliphatic hydroxyl groups is 1. The Labute approximate surface area is 213 Å². The van der Waals surface area contributed by atoms with Crippen LogP contribution in [0.5, 0.6) is 5.75 Å². The molecule has 2 aromatic rings. The summed E-state index contributed by atoms with van der Waals surface area (Å²) in [6.07, 6.45) is 12.0. The van der Waals surface area contributed by atoms with E-state index in [1.807, 2.05) is 0 Å². The van der Waals surface area contributed by atoms with E-state index in [0.29, 0.717) is 34.9 Å². The lowest BCUT2D eigenvalue weighted by Crippen LogP contribution is -2.07. The Kier molecular flexibility index (Phi) is 13.3. The summed E-state index contributed by atoms with van der Waals surface area (Å²) in [6, 6.07) is 10.5. The van der Waals surface area contributed by atoms with E-state index in [1.54, 1.807) is 42.5 Å². The molecule has 1 atom stereocenters. The van der Waals surface area contributed by atoms with Gasteiger partial charge in [0.2, 0.25) is 0 Å². The van der Waals surface area contributed by atoms with E-state index in [0.717, 1.165) is 12.8 Å². The van der Waals surface area contributed by atoms with Crippen LogP contribution in [0, 0.1) is 0 Å². The molecule has 3 N–H and O–H groups in total. The zero-order chi connectivity index (χ0) is 26.2. The molecule has 1 aromatic heterocycles. The first kappa shape index (κ1) is 29.0. The minimum Gasteiger partial charge on any atom is -0.491 e. The van der Waals surface area contributed by atoms with Gasteiger partial charge in [0, 0.05) is 12.1 Å². The van der Waals surface area contributed by atoms with Crippen LogP contribution in [-0.2, 0) is 22.4 Å². The van der Waals surface area contributed by atoms with Gasteiger partial charge in [-0.05, 0) is 35.8 Å². The Hall–Kier alpha value is -3.19. The number of aliphatic carboxylic acids is 2. The van der Waals surface area contributed by atoms with Crippen LogP contribution < -0.4 is 4.74 Å². The van der Waals surface area contributed by atoms with Gasteiger partial charge in [0.15, 0.2) is 0 Å². The van der Waals surface area contributed by atoms with Crippen LogP contribution in [0.3, 0.4) is 0 Å². The third kappa shape index (κ3) is 11.5. The largest absolute Gasteiger partial charge is 0.491 e. The lowest BCUT2D eigenvalue weighted by molar-refractivity contribution is -0.137. The van der Waals surface area contributed by atoms with Crippen LogP contribution in [0.4, 0.5) is 0 Å². The maximum absolute atomic E-state index is 11.0. The average molecular weight is 498 g/mol. The predicted molar refractivity (Wildman–Crippen MR) is 140 cm³/mol. The predicted octanol–water partition coefficient (Wildman–Crippen LogP) is 5.99. The summed E-state index contributed by atoms with van der Waals surface area (Å²) in [5.74, 6) is -1.27. The van der Waals surface area contributed by atoms with Crippen LogP contribution in [0.1, 0.15) is 93.3 Å². The van der Waals surface area contributed by atoms with Gasteiger partial charge < -0.3 is 20.1 Å². The SMILES string of the molecule is CCCCCCCCCCOc1ccc(CC(O)c2cccc(CC(=O)O)c2)nc1/C=C/CC(=O)O. The van der Waals surface area contributed by atoms with Crippen molar-refractivity contribution >= 4 is 18.0 Å². The van der Waals surface area contributed by atoms with Gasteiger partial charge in [0.05, 0.1) is 25.6 Å². The molecule has 0 fully saturated rings. The fourth-order valence-corrected chi connectivity index (χ4v) is 3.95. The highest BCUT2D eigenvalue weighted by Gasteiger charge is 2.13. The van der Waals surface area contributed by atoms with E-state index < -0.39 is 18.0 Å². The lowest BCUT2D eigenvalue weighted by Gasteiger charge is -2.14. The smallest absolute Gasteiger partial charge is 0.307 e. The first-order valence-electron chi connectivity index (χ1n) is 12.9. The molecular weight excluding hydrogens is 458 g/mol. The summed E-state index contributed by atoms with van der Waals surface area (Å²) >= 11 is 0. The standard InChI is InChI=1S/C29H39NO6/c1-2-3-4-5-6-7-8-9-18-36-27-17-16-24(30-25(27)14-11-15-28(32)33)21-26(31)23-13-10-12-22(19-23)20-29(34)35/h10-14,16-17,19,26,31H,2-9,15,18,20-21H2,1H3,(H,32,33)(H,34,35)/b14-11+. The number of aliphatic hydroxyl groups excluding tert-OH is 1. The molecule has 0 aliphatic rings. The Bertz CT molecular complexity index is 987. The van der Waals surface area contributed by atoms with Crippen molar-refractivity contribution in [2.45, 2.75) is 83.7 Å². The van der Waals surface area contributed by atoms with Crippen molar-refractivity contribution in [3.05, 3.63) is 65.0 Å². The molecule has 0 aliphatic carbocycles. The molecule has 0 radical (unpaired) electrons. The molecule has 1 heterocycles. The molecule has 7 nitrogen and oxygen atoms in total. The summed E-state index contributed by atoms with van der Waals surface area (Å²) in [4.78, 5) is 26.5. The highest BCUT2D eigenvalue weighted by molar-refractivity contribution is 5.71. The van der Waals surface area contributed by atoms with E-state index in [2.05, 4.69) is 11.9 Å². The molecule has 36 heavy (non-hydrogen) atoms. The van der Waals surface area contributed by atoms with Gasteiger partial charge >= 0.3 is 11.9 Å². The fraction of sp³-hybridized carbons (Fsp3) is 0.483. The molecule has 0 saturated heterocycles. The topological polar surface area (TPSA) is 117 Å². The second-order valence-corrected chi connectivity index (χ2v) is 9.05. The maximum Gasteiger partial charge on any atom is 0.307 e. The fourth-order valence-electron chi connectivity index (χ4n) is 3.95. The number of unbranched alkanes of at least 4 members (excludes halogenated alkanes) is 7. The van der Waals surface area contributed by atoms with E-state index in [9.17, 15) is 14.7 Å².